The van der Waals surface area contributed by atoms with Gasteiger partial charge in [0, 0.05) is 36.0 Å². The molecule has 1 aliphatic heterocycles. The number of hydrogen-bond acceptors (Lipinski definition) is 8. The Kier molecular flexibility index (Phi) is 8.04. The average molecular weight is 560 g/mol. The van der Waals surface area contributed by atoms with Gasteiger partial charge in [0.05, 0.1) is 18.1 Å². The van der Waals surface area contributed by atoms with Gasteiger partial charge in [0.2, 0.25) is 5.89 Å². The lowest BCUT2D eigenvalue weighted by Gasteiger charge is -2.28. The molecule has 2 N–H and O–H groups in total. The molecule has 3 aromatic carbocycles. The van der Waals surface area contributed by atoms with Crippen molar-refractivity contribution in [2.75, 3.05) is 36.5 Å². The molecule has 0 unspecified atom stereocenters. The van der Waals surface area contributed by atoms with Crippen molar-refractivity contribution < 1.29 is 18.9 Å². The summed E-state index contributed by atoms with van der Waals surface area (Å²) < 4.78 is 11.3. The number of nitro groups is 1. The van der Waals surface area contributed by atoms with Gasteiger partial charge in [-0.2, -0.15) is 0 Å². The third kappa shape index (κ3) is 5.95. The second kappa shape index (κ2) is 11.8. The Bertz CT molecular complexity index is 1560. The molecule has 1 saturated heterocycles. The fourth-order valence-electron chi connectivity index (χ4n) is 4.53. The van der Waals surface area contributed by atoms with Crippen molar-refractivity contribution >= 4 is 51.4 Å². The zero-order valence-corrected chi connectivity index (χ0v) is 23.0. The highest BCUT2D eigenvalue weighted by Gasteiger charge is 2.23. The summed E-state index contributed by atoms with van der Waals surface area (Å²) in [4.78, 5) is 30.6. The summed E-state index contributed by atoms with van der Waals surface area (Å²) in [6.07, 6.45) is 1.05. The maximum atomic E-state index is 12.8. The molecule has 0 aliphatic carbocycles. The summed E-state index contributed by atoms with van der Waals surface area (Å²) in [6.45, 7) is 6.43. The van der Waals surface area contributed by atoms with Gasteiger partial charge in [0.15, 0.2) is 10.7 Å². The van der Waals surface area contributed by atoms with Crippen molar-refractivity contribution in [1.29, 1.82) is 0 Å². The molecule has 1 atom stereocenters. The number of oxazole rings is 1. The number of nitrogens with zero attached hydrogens (tertiary/aromatic N) is 3. The van der Waals surface area contributed by atoms with Crippen LogP contribution in [0.5, 0.6) is 0 Å². The van der Waals surface area contributed by atoms with Crippen LogP contribution in [-0.4, -0.2) is 47.2 Å². The van der Waals surface area contributed by atoms with Crippen molar-refractivity contribution in [2.24, 2.45) is 0 Å². The van der Waals surface area contributed by atoms with Gasteiger partial charge in [-0.05, 0) is 78.7 Å². The van der Waals surface area contributed by atoms with Crippen molar-refractivity contribution in [2.45, 2.75) is 26.2 Å². The van der Waals surface area contributed by atoms with E-state index in [0.717, 1.165) is 23.1 Å². The largest absolute Gasteiger partial charge is 0.436 e. The smallest absolute Gasteiger partial charge is 0.293 e. The van der Waals surface area contributed by atoms with Crippen LogP contribution in [0.15, 0.2) is 65.1 Å². The average Bonchev–Trinajstić information content (AvgIpc) is 3.40. The Hall–Kier alpha value is -4.35. The number of nitrogens with one attached hydrogen (secondary N) is 2. The lowest BCUT2D eigenvalue weighted by molar-refractivity contribution is -0.384. The van der Waals surface area contributed by atoms with E-state index in [1.165, 1.54) is 11.6 Å². The number of hydrogen-bond donors (Lipinski definition) is 2. The number of carbonyl (C=O) groups is 1. The number of nitro benzene ring substituents is 1. The number of morpholine rings is 1. The molecular weight excluding hydrogens is 530 g/mol. The molecule has 2 heterocycles. The van der Waals surface area contributed by atoms with Crippen molar-refractivity contribution in [3.8, 4) is 11.5 Å². The van der Waals surface area contributed by atoms with Gasteiger partial charge in [0.25, 0.3) is 11.6 Å². The SMILES string of the molecule is CC[C@@H](C)c1ccc2oc(-c3ccc(NC(=S)NC(=O)c4ccc(N5CCOCC5)c([N+](=O)[O-])c4)cc3)nc2c1. The molecule has 1 aromatic heterocycles. The number of aromatic nitrogens is 1. The van der Waals surface area contributed by atoms with Gasteiger partial charge in [-0.25, -0.2) is 4.98 Å². The van der Waals surface area contributed by atoms with E-state index in [0.29, 0.717) is 49.5 Å². The van der Waals surface area contributed by atoms with Crippen molar-refractivity contribution in [3.05, 3.63) is 81.9 Å². The number of fused-ring (bicyclic) bond motifs is 1. The first kappa shape index (κ1) is 27.2. The molecular formula is C29H29N5O5S. The topological polar surface area (TPSA) is 123 Å². The van der Waals surface area contributed by atoms with E-state index in [9.17, 15) is 14.9 Å². The number of benzene rings is 3. The molecule has 1 fully saturated rings. The lowest BCUT2D eigenvalue weighted by Crippen LogP contribution is -2.37. The highest BCUT2D eigenvalue weighted by Crippen LogP contribution is 2.31. The van der Waals surface area contributed by atoms with Crippen molar-refractivity contribution in [1.82, 2.24) is 10.3 Å². The molecule has 10 nitrogen and oxygen atoms in total. The maximum absolute atomic E-state index is 12.8. The molecule has 1 amide bonds. The van der Waals surface area contributed by atoms with E-state index in [2.05, 4.69) is 41.6 Å². The zero-order valence-electron chi connectivity index (χ0n) is 22.2. The normalized spacial score (nSPS) is 14.1. The van der Waals surface area contributed by atoms with Crippen LogP contribution in [0.25, 0.3) is 22.6 Å². The van der Waals surface area contributed by atoms with Crippen LogP contribution in [-0.2, 0) is 4.74 Å². The molecule has 206 valence electrons. The van der Waals surface area contributed by atoms with Crippen LogP contribution in [0.4, 0.5) is 17.1 Å². The van der Waals surface area contributed by atoms with Gasteiger partial charge < -0.3 is 19.4 Å². The van der Waals surface area contributed by atoms with Gasteiger partial charge in [0.1, 0.15) is 11.2 Å². The molecule has 4 aromatic rings. The summed E-state index contributed by atoms with van der Waals surface area (Å²) in [7, 11) is 0. The highest BCUT2D eigenvalue weighted by molar-refractivity contribution is 7.80. The Morgan fingerprint density at radius 1 is 1.12 bits per heavy atom. The Morgan fingerprint density at radius 3 is 2.58 bits per heavy atom. The minimum atomic E-state index is -0.547. The van der Waals surface area contributed by atoms with E-state index >= 15 is 0 Å². The monoisotopic (exact) mass is 559 g/mol. The summed E-state index contributed by atoms with van der Waals surface area (Å²) >= 11 is 5.31. The lowest BCUT2D eigenvalue weighted by atomic mass is 9.98. The van der Waals surface area contributed by atoms with Crippen LogP contribution >= 0.6 is 12.2 Å². The Labute approximate surface area is 236 Å². The Balaban J connectivity index is 1.23. The number of anilines is 2. The van der Waals surface area contributed by atoms with Crippen LogP contribution < -0.4 is 15.5 Å². The fourth-order valence-corrected chi connectivity index (χ4v) is 4.74. The second-order valence-electron chi connectivity index (χ2n) is 9.60. The standard InChI is InChI=1S/C29H29N5O5S/c1-3-18(2)20-7-11-26-23(16-20)31-28(39-26)19-4-8-22(9-5-19)30-29(40)32-27(35)21-6-10-24(25(17-21)34(36)37)33-12-14-38-15-13-33/h4-11,16-18H,3,12-15H2,1-2H3,(H2,30,32,35,40)/t18-/m1/s1. The molecule has 5 rings (SSSR count). The first-order chi connectivity index (χ1) is 19.3. The molecule has 1 aliphatic rings. The molecule has 0 spiro atoms. The third-order valence-electron chi connectivity index (χ3n) is 7.00. The molecule has 0 bridgehead atoms. The molecule has 40 heavy (non-hydrogen) atoms. The van der Waals surface area contributed by atoms with Crippen LogP contribution in [0.2, 0.25) is 0 Å². The van der Waals surface area contributed by atoms with Crippen LogP contribution in [0.1, 0.15) is 42.1 Å². The Morgan fingerprint density at radius 2 is 1.88 bits per heavy atom. The number of thiocarbonyl (C=S) groups is 1. The summed E-state index contributed by atoms with van der Waals surface area (Å²) in [6, 6.07) is 17.8. The maximum Gasteiger partial charge on any atom is 0.293 e. The van der Waals surface area contributed by atoms with E-state index in [-0.39, 0.29) is 16.4 Å². The third-order valence-corrected chi connectivity index (χ3v) is 7.20. The number of carbonyl (C=O) groups excluding carboxylic acids is 1. The van der Waals surface area contributed by atoms with Crippen molar-refractivity contribution in [3.63, 3.8) is 0 Å². The zero-order chi connectivity index (χ0) is 28.2. The first-order valence-corrected chi connectivity index (χ1v) is 13.5. The van der Waals surface area contributed by atoms with Gasteiger partial charge >= 0.3 is 0 Å². The van der Waals surface area contributed by atoms with E-state index < -0.39 is 10.8 Å². The van der Waals surface area contributed by atoms with Crippen LogP contribution in [0, 0.1) is 10.1 Å². The van der Waals surface area contributed by atoms with E-state index in [1.54, 1.807) is 24.3 Å². The first-order valence-electron chi connectivity index (χ1n) is 13.1. The van der Waals surface area contributed by atoms with Crippen LogP contribution in [0.3, 0.4) is 0 Å². The minimum Gasteiger partial charge on any atom is -0.436 e. The fraction of sp³-hybridized carbons (Fsp3) is 0.276. The van der Waals surface area contributed by atoms with Gasteiger partial charge in [-0.1, -0.05) is 19.9 Å². The second-order valence-corrected chi connectivity index (χ2v) is 10.0. The van der Waals surface area contributed by atoms with Gasteiger partial charge in [-0.15, -0.1) is 0 Å². The van der Waals surface area contributed by atoms with E-state index in [4.69, 9.17) is 21.4 Å². The highest BCUT2D eigenvalue weighted by atomic mass is 32.1. The number of ether oxygens (including phenoxy) is 1. The summed E-state index contributed by atoms with van der Waals surface area (Å²) in [5.41, 5.74) is 4.68. The number of rotatable bonds is 7. The number of amides is 1. The minimum absolute atomic E-state index is 0.0668. The predicted molar refractivity (Wildman–Crippen MR) is 158 cm³/mol. The summed E-state index contributed by atoms with van der Waals surface area (Å²) in [5.74, 6) is 0.415. The van der Waals surface area contributed by atoms with E-state index in [1.807, 2.05) is 23.1 Å². The molecule has 11 heteroatoms. The van der Waals surface area contributed by atoms with Gasteiger partial charge in [-0.3, -0.25) is 20.2 Å². The predicted octanol–water partition coefficient (Wildman–Crippen LogP) is 5.88. The summed E-state index contributed by atoms with van der Waals surface area (Å²) in [5, 5.41) is 17.3. The molecule has 0 saturated carbocycles. The quantitative estimate of drug-likeness (QED) is 0.162. The molecule has 0 radical (unpaired) electrons.